The lowest BCUT2D eigenvalue weighted by Crippen LogP contribution is -2.46. The molecule has 0 saturated carbocycles. The molecule has 1 amide bonds. The minimum atomic E-state index is -0.932. The highest BCUT2D eigenvalue weighted by Gasteiger charge is 2.33. The Hall–Kier alpha value is -1.88. The van der Waals surface area contributed by atoms with E-state index >= 15 is 0 Å². The van der Waals surface area contributed by atoms with E-state index in [4.69, 9.17) is 10.8 Å². The van der Waals surface area contributed by atoms with Gasteiger partial charge in [-0.05, 0) is 31.4 Å². The van der Waals surface area contributed by atoms with Gasteiger partial charge in [-0.3, -0.25) is 9.59 Å². The summed E-state index contributed by atoms with van der Waals surface area (Å²) in [5, 5.41) is 8.64. The molecule has 1 aromatic carbocycles. The zero-order valence-electron chi connectivity index (χ0n) is 10.9. The maximum atomic E-state index is 12.3. The molecule has 2 atom stereocenters. The Morgan fingerprint density at radius 2 is 2.16 bits per heavy atom. The lowest BCUT2D eigenvalue weighted by Gasteiger charge is -2.25. The number of hydrogen-bond acceptors (Lipinski definition) is 3. The van der Waals surface area contributed by atoms with Crippen molar-refractivity contribution in [2.45, 2.75) is 38.3 Å². The van der Waals surface area contributed by atoms with Gasteiger partial charge < -0.3 is 15.7 Å². The van der Waals surface area contributed by atoms with Gasteiger partial charge in [0.2, 0.25) is 5.91 Å². The van der Waals surface area contributed by atoms with Gasteiger partial charge in [0, 0.05) is 18.2 Å². The number of amides is 1. The summed E-state index contributed by atoms with van der Waals surface area (Å²) in [4.78, 5) is 24.6. The molecule has 3 N–H and O–H groups in total. The molecule has 102 valence electrons. The summed E-state index contributed by atoms with van der Waals surface area (Å²) in [6, 6.07) is 7.05. The molecule has 1 aromatic rings. The van der Waals surface area contributed by atoms with Crippen molar-refractivity contribution in [2.75, 3.05) is 4.90 Å². The van der Waals surface area contributed by atoms with Crippen LogP contribution in [-0.2, 0) is 16.0 Å². The van der Waals surface area contributed by atoms with E-state index in [-0.39, 0.29) is 24.8 Å². The summed E-state index contributed by atoms with van der Waals surface area (Å²) in [6.07, 6.45) is 0.893. The number of anilines is 1. The zero-order chi connectivity index (χ0) is 14.0. The first-order valence-corrected chi connectivity index (χ1v) is 6.39. The highest BCUT2D eigenvalue weighted by molar-refractivity contribution is 5.99. The second-order valence-electron chi connectivity index (χ2n) is 4.93. The lowest BCUT2D eigenvalue weighted by atomic mass is 10.1. The van der Waals surface area contributed by atoms with Gasteiger partial charge in [0.05, 0.1) is 6.04 Å². The van der Waals surface area contributed by atoms with E-state index in [1.165, 1.54) is 0 Å². The Labute approximate surface area is 112 Å². The monoisotopic (exact) mass is 262 g/mol. The van der Waals surface area contributed by atoms with Crippen molar-refractivity contribution in [2.24, 2.45) is 5.73 Å². The van der Waals surface area contributed by atoms with Gasteiger partial charge in [-0.15, -0.1) is 0 Å². The first-order valence-electron chi connectivity index (χ1n) is 6.39. The molecule has 0 radical (unpaired) electrons. The normalized spacial score (nSPS) is 19.1. The van der Waals surface area contributed by atoms with Crippen LogP contribution in [0, 0.1) is 0 Å². The number of para-hydroxylation sites is 1. The van der Waals surface area contributed by atoms with Gasteiger partial charge in [-0.1, -0.05) is 18.2 Å². The molecule has 0 bridgehead atoms. The summed E-state index contributed by atoms with van der Waals surface area (Å²) in [7, 11) is 0. The number of hydrogen-bond donors (Lipinski definition) is 2. The van der Waals surface area contributed by atoms with Crippen LogP contribution in [0.4, 0.5) is 5.69 Å². The summed E-state index contributed by atoms with van der Waals surface area (Å²) in [5.41, 5.74) is 7.84. The number of benzene rings is 1. The molecule has 5 nitrogen and oxygen atoms in total. The maximum Gasteiger partial charge on any atom is 0.303 e. The Bertz CT molecular complexity index is 501. The van der Waals surface area contributed by atoms with Gasteiger partial charge in [0.15, 0.2) is 0 Å². The largest absolute Gasteiger partial charge is 0.481 e. The molecule has 19 heavy (non-hydrogen) atoms. The number of aliphatic carboxylic acids is 1. The zero-order valence-corrected chi connectivity index (χ0v) is 10.9. The number of carbonyl (C=O) groups excluding carboxylic acids is 1. The van der Waals surface area contributed by atoms with Gasteiger partial charge in [-0.2, -0.15) is 0 Å². The number of nitrogens with zero attached hydrogens (tertiary/aromatic N) is 1. The maximum absolute atomic E-state index is 12.3. The highest BCUT2D eigenvalue weighted by atomic mass is 16.4. The minimum Gasteiger partial charge on any atom is -0.481 e. The molecule has 0 fully saturated rings. The number of carbonyl (C=O) groups is 2. The van der Waals surface area contributed by atoms with Crippen LogP contribution in [0.3, 0.4) is 0 Å². The molecular formula is C14H18N2O3. The third-order valence-corrected chi connectivity index (χ3v) is 3.43. The van der Waals surface area contributed by atoms with Crippen LogP contribution in [-0.4, -0.2) is 29.1 Å². The molecule has 0 saturated heterocycles. The first-order chi connectivity index (χ1) is 9.00. The minimum absolute atomic E-state index is 0.0702. The third-order valence-electron chi connectivity index (χ3n) is 3.43. The predicted molar refractivity (Wildman–Crippen MR) is 71.9 cm³/mol. The number of rotatable bonds is 4. The fourth-order valence-corrected chi connectivity index (χ4v) is 2.48. The molecule has 5 heteroatoms. The standard InChI is InChI=1S/C14H18N2O3/c1-9-8-10-4-2-3-5-12(10)16(9)14(19)11(15)6-7-13(17)18/h2-5,9,11H,6-8,15H2,1H3,(H,17,18). The van der Waals surface area contributed by atoms with Crippen molar-refractivity contribution >= 4 is 17.6 Å². The molecule has 0 aliphatic carbocycles. The van der Waals surface area contributed by atoms with Gasteiger partial charge in [0.1, 0.15) is 0 Å². The molecular weight excluding hydrogens is 244 g/mol. The summed E-state index contributed by atoms with van der Waals surface area (Å²) in [5.74, 6) is -1.13. The highest BCUT2D eigenvalue weighted by Crippen LogP contribution is 2.32. The molecule has 1 heterocycles. The van der Waals surface area contributed by atoms with Crippen molar-refractivity contribution in [3.05, 3.63) is 29.8 Å². The van der Waals surface area contributed by atoms with E-state index in [0.717, 1.165) is 17.7 Å². The summed E-state index contributed by atoms with van der Waals surface area (Å²) >= 11 is 0. The molecule has 1 aliphatic rings. The van der Waals surface area contributed by atoms with E-state index in [9.17, 15) is 9.59 Å². The molecule has 1 aliphatic heterocycles. The number of fused-ring (bicyclic) bond motifs is 1. The van der Waals surface area contributed by atoms with E-state index in [2.05, 4.69) is 0 Å². The van der Waals surface area contributed by atoms with Gasteiger partial charge >= 0.3 is 5.97 Å². The van der Waals surface area contributed by atoms with E-state index in [0.29, 0.717) is 0 Å². The first kappa shape index (κ1) is 13.5. The van der Waals surface area contributed by atoms with Crippen LogP contribution in [0.2, 0.25) is 0 Å². The van der Waals surface area contributed by atoms with Crippen molar-refractivity contribution in [1.82, 2.24) is 0 Å². The predicted octanol–water partition coefficient (Wildman–Crippen LogP) is 1.16. The molecule has 0 spiro atoms. The van der Waals surface area contributed by atoms with Crippen LogP contribution in [0.1, 0.15) is 25.3 Å². The molecule has 0 aromatic heterocycles. The average Bonchev–Trinajstić information content (AvgIpc) is 2.70. The van der Waals surface area contributed by atoms with Gasteiger partial charge in [0.25, 0.3) is 0 Å². The van der Waals surface area contributed by atoms with E-state index < -0.39 is 12.0 Å². The van der Waals surface area contributed by atoms with Crippen LogP contribution < -0.4 is 10.6 Å². The van der Waals surface area contributed by atoms with Crippen molar-refractivity contribution < 1.29 is 14.7 Å². The smallest absolute Gasteiger partial charge is 0.303 e. The van der Waals surface area contributed by atoms with Crippen LogP contribution >= 0.6 is 0 Å². The van der Waals surface area contributed by atoms with Gasteiger partial charge in [-0.25, -0.2) is 0 Å². The quantitative estimate of drug-likeness (QED) is 0.852. The Balaban J connectivity index is 2.13. The number of nitrogens with two attached hydrogens (primary N) is 1. The van der Waals surface area contributed by atoms with Crippen LogP contribution in [0.15, 0.2) is 24.3 Å². The SMILES string of the molecule is CC1Cc2ccccc2N1C(=O)C(N)CCC(=O)O. The second kappa shape index (κ2) is 5.40. The topological polar surface area (TPSA) is 83.6 Å². The van der Waals surface area contributed by atoms with Crippen LogP contribution in [0.5, 0.6) is 0 Å². The number of carboxylic acids is 1. The molecule has 2 rings (SSSR count). The fraction of sp³-hybridized carbons (Fsp3) is 0.429. The van der Waals surface area contributed by atoms with Crippen molar-refractivity contribution in [3.63, 3.8) is 0 Å². The van der Waals surface area contributed by atoms with Crippen molar-refractivity contribution in [3.8, 4) is 0 Å². The Morgan fingerprint density at radius 3 is 2.84 bits per heavy atom. The van der Waals surface area contributed by atoms with E-state index in [1.54, 1.807) is 4.90 Å². The Morgan fingerprint density at radius 1 is 1.47 bits per heavy atom. The average molecular weight is 262 g/mol. The Kier molecular flexibility index (Phi) is 3.85. The summed E-state index contributed by atoms with van der Waals surface area (Å²) < 4.78 is 0. The molecule has 2 unspecified atom stereocenters. The van der Waals surface area contributed by atoms with Crippen molar-refractivity contribution in [1.29, 1.82) is 0 Å². The van der Waals surface area contributed by atoms with E-state index in [1.807, 2.05) is 31.2 Å². The fourth-order valence-electron chi connectivity index (χ4n) is 2.48. The van der Waals surface area contributed by atoms with Crippen LogP contribution in [0.25, 0.3) is 0 Å². The second-order valence-corrected chi connectivity index (χ2v) is 4.93. The lowest BCUT2D eigenvalue weighted by molar-refractivity contribution is -0.137. The summed E-state index contributed by atoms with van der Waals surface area (Å²) in [6.45, 7) is 1.97. The number of carboxylic acid groups (broad SMARTS) is 1. The third kappa shape index (κ3) is 2.76.